The zero-order valence-corrected chi connectivity index (χ0v) is 17.0. The van der Waals surface area contributed by atoms with Gasteiger partial charge in [0.15, 0.2) is 0 Å². The number of benzene rings is 2. The van der Waals surface area contributed by atoms with Crippen molar-refractivity contribution in [1.29, 1.82) is 0 Å². The van der Waals surface area contributed by atoms with Crippen LogP contribution >= 0.6 is 0 Å². The third-order valence-corrected chi connectivity index (χ3v) is 6.61. The van der Waals surface area contributed by atoms with Crippen LogP contribution in [0.3, 0.4) is 0 Å². The summed E-state index contributed by atoms with van der Waals surface area (Å²) in [6.07, 6.45) is 1.75. The Morgan fingerprint density at radius 2 is 2.00 bits per heavy atom. The molecule has 0 bridgehead atoms. The number of rotatable bonds is 3. The first-order valence-corrected chi connectivity index (χ1v) is 10.4. The van der Waals surface area contributed by atoms with Gasteiger partial charge in [-0.1, -0.05) is 18.2 Å². The number of hydrogen-bond donors (Lipinski definition) is 1. The largest absolute Gasteiger partial charge is 0.497 e. The van der Waals surface area contributed by atoms with Crippen molar-refractivity contribution in [2.75, 3.05) is 26.9 Å². The first-order valence-electron chi connectivity index (χ1n) is 10.4. The molecule has 0 atom stereocenters. The van der Waals surface area contributed by atoms with Crippen LogP contribution in [0.15, 0.2) is 42.5 Å². The average Bonchev–Trinajstić information content (AvgIpc) is 3.16. The lowest BCUT2D eigenvalue weighted by atomic mass is 9.72. The molecule has 5 rings (SSSR count). The molecule has 2 aliphatic rings. The molecule has 0 radical (unpaired) electrons. The Kier molecular flexibility index (Phi) is 4.74. The molecule has 1 N–H and O–H groups in total. The van der Waals surface area contributed by atoms with Gasteiger partial charge in [-0.15, -0.1) is 0 Å². The lowest BCUT2D eigenvalue weighted by Gasteiger charge is -2.41. The number of nitrogens with zero attached hydrogens (tertiary/aromatic N) is 1. The van der Waals surface area contributed by atoms with Gasteiger partial charge in [0.25, 0.3) is 0 Å². The standard InChI is InChI=1S/C24H25FN2O3/c1-29-16-6-7-21-17(14-16)18-15-27(11-8-22(18)26-21)23(28)24(9-12-30-13-10-24)19-4-2-3-5-20(19)25/h2-7,14,26H,8-13,15H2,1H3. The van der Waals surface area contributed by atoms with Gasteiger partial charge in [0.05, 0.1) is 12.5 Å². The van der Waals surface area contributed by atoms with Gasteiger partial charge in [0.1, 0.15) is 11.6 Å². The fraction of sp³-hybridized carbons (Fsp3) is 0.375. The maximum atomic E-state index is 14.8. The fourth-order valence-corrected chi connectivity index (χ4v) is 4.96. The van der Waals surface area contributed by atoms with Crippen LogP contribution in [0, 0.1) is 5.82 Å². The van der Waals surface area contributed by atoms with Gasteiger partial charge in [0, 0.05) is 60.4 Å². The number of methoxy groups -OCH3 is 1. The highest BCUT2D eigenvalue weighted by atomic mass is 19.1. The number of hydrogen-bond acceptors (Lipinski definition) is 3. The van der Waals surface area contributed by atoms with Gasteiger partial charge < -0.3 is 19.4 Å². The van der Waals surface area contributed by atoms with E-state index in [0.29, 0.717) is 44.7 Å². The molecular formula is C24H25FN2O3. The Labute approximate surface area is 174 Å². The van der Waals surface area contributed by atoms with Crippen LogP contribution in [0.5, 0.6) is 5.75 Å². The third-order valence-electron chi connectivity index (χ3n) is 6.61. The van der Waals surface area contributed by atoms with E-state index in [4.69, 9.17) is 9.47 Å². The summed E-state index contributed by atoms with van der Waals surface area (Å²) >= 11 is 0. The monoisotopic (exact) mass is 408 g/mol. The van der Waals surface area contributed by atoms with E-state index in [1.807, 2.05) is 29.2 Å². The normalized spacial score (nSPS) is 18.3. The van der Waals surface area contributed by atoms with E-state index < -0.39 is 5.41 Å². The molecule has 2 aromatic carbocycles. The van der Waals surface area contributed by atoms with Crippen molar-refractivity contribution in [3.63, 3.8) is 0 Å². The quantitative estimate of drug-likeness (QED) is 0.714. The lowest BCUT2D eigenvalue weighted by molar-refractivity contribution is -0.142. The van der Waals surface area contributed by atoms with Crippen LogP contribution < -0.4 is 4.74 Å². The van der Waals surface area contributed by atoms with Crippen molar-refractivity contribution in [3.05, 3.63) is 65.1 Å². The Morgan fingerprint density at radius 3 is 2.77 bits per heavy atom. The molecule has 0 saturated carbocycles. The first kappa shape index (κ1) is 19.1. The number of H-pyrrole nitrogens is 1. The van der Waals surface area contributed by atoms with E-state index in [9.17, 15) is 9.18 Å². The summed E-state index contributed by atoms with van der Waals surface area (Å²) in [6, 6.07) is 12.6. The minimum atomic E-state index is -0.870. The topological polar surface area (TPSA) is 54.6 Å². The second-order valence-electron chi connectivity index (χ2n) is 8.14. The highest BCUT2D eigenvalue weighted by Gasteiger charge is 2.46. The van der Waals surface area contributed by atoms with Crippen molar-refractivity contribution in [2.24, 2.45) is 0 Å². The fourth-order valence-electron chi connectivity index (χ4n) is 4.96. The van der Waals surface area contributed by atoms with Crippen LogP contribution in [0.2, 0.25) is 0 Å². The van der Waals surface area contributed by atoms with Crippen molar-refractivity contribution in [2.45, 2.75) is 31.2 Å². The number of fused-ring (bicyclic) bond motifs is 3. The molecule has 0 spiro atoms. The second-order valence-corrected chi connectivity index (χ2v) is 8.14. The van der Waals surface area contributed by atoms with E-state index in [1.165, 1.54) is 6.07 Å². The zero-order chi connectivity index (χ0) is 20.7. The predicted molar refractivity (Wildman–Crippen MR) is 112 cm³/mol. The van der Waals surface area contributed by atoms with Gasteiger partial charge >= 0.3 is 0 Å². The molecule has 1 saturated heterocycles. The zero-order valence-electron chi connectivity index (χ0n) is 17.0. The van der Waals surface area contributed by atoms with Gasteiger partial charge in [-0.2, -0.15) is 0 Å². The molecule has 6 heteroatoms. The molecule has 0 aliphatic carbocycles. The molecule has 0 unspecified atom stereocenters. The summed E-state index contributed by atoms with van der Waals surface area (Å²) < 4.78 is 25.7. The molecular weight excluding hydrogens is 383 g/mol. The molecule has 5 nitrogen and oxygen atoms in total. The number of ether oxygens (including phenoxy) is 2. The summed E-state index contributed by atoms with van der Waals surface area (Å²) in [7, 11) is 1.65. The number of carbonyl (C=O) groups is 1. The van der Waals surface area contributed by atoms with Gasteiger partial charge in [0.2, 0.25) is 5.91 Å². The van der Waals surface area contributed by atoms with E-state index in [2.05, 4.69) is 4.98 Å². The smallest absolute Gasteiger partial charge is 0.233 e. The van der Waals surface area contributed by atoms with Crippen molar-refractivity contribution < 1.29 is 18.7 Å². The number of aromatic amines is 1. The first-order chi connectivity index (χ1) is 14.6. The number of aromatic nitrogens is 1. The van der Waals surface area contributed by atoms with Crippen LogP contribution in [0.4, 0.5) is 4.39 Å². The minimum absolute atomic E-state index is 0.00111. The lowest BCUT2D eigenvalue weighted by Crippen LogP contribution is -2.51. The molecule has 3 aromatic rings. The molecule has 1 aromatic heterocycles. The highest BCUT2D eigenvalue weighted by Crippen LogP contribution is 2.40. The molecule has 30 heavy (non-hydrogen) atoms. The van der Waals surface area contributed by atoms with E-state index >= 15 is 0 Å². The SMILES string of the molecule is COc1ccc2[nH]c3c(c2c1)CN(C(=O)C1(c2ccccc2F)CCOCC1)CC3. The van der Waals surface area contributed by atoms with E-state index in [1.54, 1.807) is 19.2 Å². The van der Waals surface area contributed by atoms with Crippen molar-refractivity contribution in [3.8, 4) is 5.75 Å². The maximum Gasteiger partial charge on any atom is 0.233 e. The second kappa shape index (κ2) is 7.43. The van der Waals surface area contributed by atoms with Gasteiger partial charge in [-0.3, -0.25) is 4.79 Å². The van der Waals surface area contributed by atoms with Gasteiger partial charge in [-0.05, 0) is 37.1 Å². The Bertz CT molecular complexity index is 1100. The summed E-state index contributed by atoms with van der Waals surface area (Å²) in [6.45, 7) is 2.05. The Balaban J connectivity index is 1.52. The van der Waals surface area contributed by atoms with Gasteiger partial charge in [-0.25, -0.2) is 4.39 Å². The summed E-state index contributed by atoms with van der Waals surface area (Å²) in [4.78, 5) is 19.3. The van der Waals surface area contributed by atoms with Crippen LogP contribution in [-0.2, 0) is 27.9 Å². The van der Waals surface area contributed by atoms with Crippen LogP contribution in [0.1, 0.15) is 29.7 Å². The predicted octanol–water partition coefficient (Wildman–Crippen LogP) is 3.95. The van der Waals surface area contributed by atoms with Crippen LogP contribution in [0.25, 0.3) is 10.9 Å². The molecule has 1 amide bonds. The number of halogens is 1. The maximum absolute atomic E-state index is 14.8. The summed E-state index contributed by atoms with van der Waals surface area (Å²) in [5.41, 5.74) is 2.95. The molecule has 3 heterocycles. The van der Waals surface area contributed by atoms with Crippen LogP contribution in [-0.4, -0.2) is 42.7 Å². The van der Waals surface area contributed by atoms with Crippen molar-refractivity contribution in [1.82, 2.24) is 9.88 Å². The van der Waals surface area contributed by atoms with E-state index in [-0.39, 0.29) is 11.7 Å². The minimum Gasteiger partial charge on any atom is -0.497 e. The molecule has 2 aliphatic heterocycles. The Morgan fingerprint density at radius 1 is 1.20 bits per heavy atom. The number of amides is 1. The van der Waals surface area contributed by atoms with E-state index in [0.717, 1.165) is 34.3 Å². The number of carbonyl (C=O) groups excluding carboxylic acids is 1. The van der Waals surface area contributed by atoms with Crippen molar-refractivity contribution >= 4 is 16.8 Å². The Hall–Kier alpha value is -2.86. The average molecular weight is 408 g/mol. The molecule has 1 fully saturated rings. The third kappa shape index (κ3) is 2.98. The molecule has 156 valence electrons. The number of nitrogens with one attached hydrogen (secondary N) is 1. The summed E-state index contributed by atoms with van der Waals surface area (Å²) in [5, 5.41) is 1.08. The summed E-state index contributed by atoms with van der Waals surface area (Å²) in [5.74, 6) is 0.473. The highest BCUT2D eigenvalue weighted by molar-refractivity contribution is 5.91.